The fourth-order valence-electron chi connectivity index (χ4n) is 3.31. The van der Waals surface area contributed by atoms with E-state index in [-0.39, 0.29) is 5.91 Å². The second-order valence-corrected chi connectivity index (χ2v) is 6.61. The maximum absolute atomic E-state index is 12.4. The molecule has 0 saturated carbocycles. The molecule has 0 spiro atoms. The van der Waals surface area contributed by atoms with Crippen LogP contribution in [-0.2, 0) is 0 Å². The van der Waals surface area contributed by atoms with Gasteiger partial charge >= 0.3 is 0 Å². The predicted octanol–water partition coefficient (Wildman–Crippen LogP) is 2.65. The average Bonchev–Trinajstić information content (AvgIpc) is 2.83. The van der Waals surface area contributed by atoms with Gasteiger partial charge in [-0.3, -0.25) is 9.69 Å². The Kier molecular flexibility index (Phi) is 4.07. The topological polar surface area (TPSA) is 32.3 Å². The first-order valence-corrected chi connectivity index (χ1v) is 8.13. The van der Waals surface area contributed by atoms with E-state index in [9.17, 15) is 4.79 Å². The standard InChI is InChI=1S/C15H19IN2O/c16-12-6-2-1-5-11(12)15(19)17-13-8-10-18-9-4-3-7-14(13)18/h1-2,5-6,13-14H,3-4,7-10H2,(H,17,19). The number of hydrogen-bond acceptors (Lipinski definition) is 2. The molecule has 0 aromatic heterocycles. The lowest BCUT2D eigenvalue weighted by Crippen LogP contribution is -2.46. The number of carbonyl (C=O) groups excluding carboxylic acids is 1. The van der Waals surface area contributed by atoms with Crippen molar-refractivity contribution in [2.75, 3.05) is 13.1 Å². The summed E-state index contributed by atoms with van der Waals surface area (Å²) in [4.78, 5) is 14.9. The Morgan fingerprint density at radius 2 is 2.05 bits per heavy atom. The first-order valence-electron chi connectivity index (χ1n) is 7.05. The fraction of sp³-hybridized carbons (Fsp3) is 0.533. The Bertz CT molecular complexity index is 477. The molecule has 1 aromatic rings. The van der Waals surface area contributed by atoms with E-state index in [1.807, 2.05) is 24.3 Å². The lowest BCUT2D eigenvalue weighted by atomic mass is 9.99. The summed E-state index contributed by atoms with van der Waals surface area (Å²) in [5, 5.41) is 3.25. The molecular formula is C15H19IN2O. The molecule has 2 saturated heterocycles. The highest BCUT2D eigenvalue weighted by molar-refractivity contribution is 14.1. The molecule has 102 valence electrons. The van der Waals surface area contributed by atoms with Gasteiger partial charge in [-0.25, -0.2) is 0 Å². The molecule has 2 atom stereocenters. The van der Waals surface area contributed by atoms with E-state index in [1.165, 1.54) is 25.8 Å². The Hall–Kier alpha value is -0.620. The monoisotopic (exact) mass is 370 g/mol. The maximum atomic E-state index is 12.4. The van der Waals surface area contributed by atoms with Crippen molar-refractivity contribution in [3.63, 3.8) is 0 Å². The van der Waals surface area contributed by atoms with E-state index in [0.717, 1.165) is 22.1 Å². The molecule has 2 unspecified atom stereocenters. The van der Waals surface area contributed by atoms with Gasteiger partial charge < -0.3 is 5.32 Å². The molecule has 0 aliphatic carbocycles. The number of piperidine rings is 1. The van der Waals surface area contributed by atoms with Gasteiger partial charge in [0.1, 0.15) is 0 Å². The number of hydrogen-bond donors (Lipinski definition) is 1. The van der Waals surface area contributed by atoms with E-state index in [4.69, 9.17) is 0 Å². The first kappa shape index (κ1) is 13.4. The molecule has 19 heavy (non-hydrogen) atoms. The molecule has 1 amide bonds. The molecule has 1 aromatic carbocycles. The second kappa shape index (κ2) is 5.79. The highest BCUT2D eigenvalue weighted by atomic mass is 127. The van der Waals surface area contributed by atoms with Crippen LogP contribution in [0.1, 0.15) is 36.0 Å². The van der Waals surface area contributed by atoms with Crippen molar-refractivity contribution in [1.82, 2.24) is 10.2 Å². The van der Waals surface area contributed by atoms with Crippen LogP contribution < -0.4 is 5.32 Å². The van der Waals surface area contributed by atoms with Crippen LogP contribution in [0.4, 0.5) is 0 Å². The summed E-state index contributed by atoms with van der Waals surface area (Å²) in [6, 6.07) is 8.69. The molecule has 1 N–H and O–H groups in total. The van der Waals surface area contributed by atoms with Gasteiger partial charge in [-0.1, -0.05) is 18.6 Å². The summed E-state index contributed by atoms with van der Waals surface area (Å²) >= 11 is 2.23. The van der Waals surface area contributed by atoms with Gasteiger partial charge in [-0.2, -0.15) is 0 Å². The molecule has 3 nitrogen and oxygen atoms in total. The lowest BCUT2D eigenvalue weighted by molar-refractivity contribution is 0.0914. The number of rotatable bonds is 2. The smallest absolute Gasteiger partial charge is 0.252 e. The van der Waals surface area contributed by atoms with Crippen molar-refractivity contribution < 1.29 is 4.79 Å². The van der Waals surface area contributed by atoms with Gasteiger partial charge in [0.15, 0.2) is 0 Å². The minimum atomic E-state index is 0.0856. The maximum Gasteiger partial charge on any atom is 0.252 e. The van der Waals surface area contributed by atoms with Crippen molar-refractivity contribution >= 4 is 28.5 Å². The van der Waals surface area contributed by atoms with Gasteiger partial charge in [-0.05, 0) is 60.5 Å². The van der Waals surface area contributed by atoms with Crippen LogP contribution in [0, 0.1) is 3.57 Å². The number of carbonyl (C=O) groups is 1. The third-order valence-corrected chi connectivity index (χ3v) is 5.23. The van der Waals surface area contributed by atoms with Crippen molar-refractivity contribution in [2.24, 2.45) is 0 Å². The van der Waals surface area contributed by atoms with Crippen molar-refractivity contribution in [2.45, 2.75) is 37.8 Å². The molecule has 0 radical (unpaired) electrons. The van der Waals surface area contributed by atoms with Gasteiger partial charge in [0.25, 0.3) is 5.91 Å². The van der Waals surface area contributed by atoms with Crippen molar-refractivity contribution in [1.29, 1.82) is 0 Å². The van der Waals surface area contributed by atoms with Crippen LogP contribution in [0.3, 0.4) is 0 Å². The fourth-order valence-corrected chi connectivity index (χ4v) is 3.94. The highest BCUT2D eigenvalue weighted by Crippen LogP contribution is 2.27. The van der Waals surface area contributed by atoms with Gasteiger partial charge in [0.05, 0.1) is 5.56 Å². The molecule has 2 aliphatic rings. The SMILES string of the molecule is O=C(NC1CCN2CCCCC12)c1ccccc1I. The Morgan fingerprint density at radius 1 is 1.21 bits per heavy atom. The number of nitrogens with zero attached hydrogens (tertiary/aromatic N) is 1. The number of fused-ring (bicyclic) bond motifs is 1. The summed E-state index contributed by atoms with van der Waals surface area (Å²) in [6.07, 6.45) is 4.95. The van der Waals surface area contributed by atoms with E-state index >= 15 is 0 Å². The molecule has 2 aliphatic heterocycles. The summed E-state index contributed by atoms with van der Waals surface area (Å²) in [7, 11) is 0. The van der Waals surface area contributed by atoms with Crippen LogP contribution in [-0.4, -0.2) is 36.0 Å². The zero-order valence-corrected chi connectivity index (χ0v) is 13.1. The molecule has 0 bridgehead atoms. The minimum Gasteiger partial charge on any atom is -0.348 e. The third-order valence-electron chi connectivity index (χ3n) is 4.29. The van der Waals surface area contributed by atoms with Crippen molar-refractivity contribution in [3.05, 3.63) is 33.4 Å². The zero-order valence-electron chi connectivity index (χ0n) is 10.9. The van der Waals surface area contributed by atoms with Crippen LogP contribution in [0.15, 0.2) is 24.3 Å². The Morgan fingerprint density at radius 3 is 2.89 bits per heavy atom. The van der Waals surface area contributed by atoms with E-state index < -0.39 is 0 Å². The molecular weight excluding hydrogens is 351 g/mol. The van der Waals surface area contributed by atoms with Gasteiger partial charge in [0, 0.05) is 22.2 Å². The van der Waals surface area contributed by atoms with Crippen LogP contribution in [0.5, 0.6) is 0 Å². The molecule has 2 fully saturated rings. The zero-order chi connectivity index (χ0) is 13.2. The van der Waals surface area contributed by atoms with Gasteiger partial charge in [0.2, 0.25) is 0 Å². The Balaban J connectivity index is 1.68. The summed E-state index contributed by atoms with van der Waals surface area (Å²) in [5.74, 6) is 0.0856. The molecule has 4 heteroatoms. The lowest BCUT2D eigenvalue weighted by Gasteiger charge is -2.32. The van der Waals surface area contributed by atoms with E-state index in [1.54, 1.807) is 0 Å². The Labute approximate surface area is 127 Å². The van der Waals surface area contributed by atoms with Crippen LogP contribution in [0.2, 0.25) is 0 Å². The van der Waals surface area contributed by atoms with E-state index in [2.05, 4.69) is 32.8 Å². The summed E-state index contributed by atoms with van der Waals surface area (Å²) in [6.45, 7) is 2.35. The normalized spacial score (nSPS) is 27.0. The second-order valence-electron chi connectivity index (χ2n) is 5.45. The average molecular weight is 370 g/mol. The first-order chi connectivity index (χ1) is 9.25. The molecule has 3 rings (SSSR count). The summed E-state index contributed by atoms with van der Waals surface area (Å²) < 4.78 is 1.02. The van der Waals surface area contributed by atoms with Crippen molar-refractivity contribution in [3.8, 4) is 0 Å². The number of amides is 1. The summed E-state index contributed by atoms with van der Waals surface area (Å²) in [5.41, 5.74) is 0.803. The van der Waals surface area contributed by atoms with Crippen LogP contribution in [0.25, 0.3) is 0 Å². The number of nitrogens with one attached hydrogen (secondary N) is 1. The minimum absolute atomic E-state index is 0.0856. The highest BCUT2D eigenvalue weighted by Gasteiger charge is 2.36. The van der Waals surface area contributed by atoms with Crippen LogP contribution >= 0.6 is 22.6 Å². The quantitative estimate of drug-likeness (QED) is 0.812. The predicted molar refractivity (Wildman–Crippen MR) is 84.2 cm³/mol. The van der Waals surface area contributed by atoms with Gasteiger partial charge in [-0.15, -0.1) is 0 Å². The largest absolute Gasteiger partial charge is 0.348 e. The third kappa shape index (κ3) is 2.79. The number of benzene rings is 1. The number of halogens is 1. The molecule has 2 heterocycles. The van der Waals surface area contributed by atoms with E-state index in [0.29, 0.717) is 12.1 Å².